The molecule has 1 heterocycles. The summed E-state index contributed by atoms with van der Waals surface area (Å²) >= 11 is 0. The van der Waals surface area contributed by atoms with Gasteiger partial charge in [0.1, 0.15) is 0 Å². The fourth-order valence-electron chi connectivity index (χ4n) is 2.37. The number of nitrogens with zero attached hydrogens (tertiary/aromatic N) is 1. The Labute approximate surface area is 102 Å². The van der Waals surface area contributed by atoms with Gasteiger partial charge in [-0.15, -0.1) is 0 Å². The van der Waals surface area contributed by atoms with Gasteiger partial charge in [-0.3, -0.25) is 4.79 Å². The molecule has 1 amide bonds. The van der Waals surface area contributed by atoms with Crippen LogP contribution in [0, 0.1) is 5.92 Å². The normalized spacial score (nSPS) is 21.9. The summed E-state index contributed by atoms with van der Waals surface area (Å²) in [7, 11) is 0. The quantitative estimate of drug-likeness (QED) is 0.861. The van der Waals surface area contributed by atoms with E-state index in [2.05, 4.69) is 0 Å². The first kappa shape index (κ1) is 12.1. The maximum absolute atomic E-state index is 12.1. The van der Waals surface area contributed by atoms with Crippen LogP contribution in [0.5, 0.6) is 0 Å². The molecule has 2 rings (SSSR count). The standard InChI is InChI=1S/C14H19NO2/c1-2-13(16)12-8-9-15(14(12)17)10-11-6-4-3-5-7-11/h3-7,12-13,16H,2,8-10H2,1H3/t12-,13+/m0/s1. The zero-order chi connectivity index (χ0) is 12.3. The average Bonchev–Trinajstić information content (AvgIpc) is 2.72. The number of rotatable bonds is 4. The van der Waals surface area contributed by atoms with Gasteiger partial charge in [0.25, 0.3) is 0 Å². The van der Waals surface area contributed by atoms with E-state index in [-0.39, 0.29) is 11.8 Å². The molecule has 1 fully saturated rings. The topological polar surface area (TPSA) is 40.5 Å². The van der Waals surface area contributed by atoms with Gasteiger partial charge in [-0.25, -0.2) is 0 Å². The monoisotopic (exact) mass is 233 g/mol. The van der Waals surface area contributed by atoms with Crippen LogP contribution in [-0.4, -0.2) is 28.6 Å². The fraction of sp³-hybridized carbons (Fsp3) is 0.500. The molecule has 2 atom stereocenters. The van der Waals surface area contributed by atoms with Crippen molar-refractivity contribution in [2.75, 3.05) is 6.54 Å². The van der Waals surface area contributed by atoms with Crippen LogP contribution in [0.25, 0.3) is 0 Å². The molecular weight excluding hydrogens is 214 g/mol. The van der Waals surface area contributed by atoms with Crippen molar-refractivity contribution in [1.82, 2.24) is 4.90 Å². The van der Waals surface area contributed by atoms with Crippen molar-refractivity contribution in [3.63, 3.8) is 0 Å². The number of carbonyl (C=O) groups excluding carboxylic acids is 1. The average molecular weight is 233 g/mol. The van der Waals surface area contributed by atoms with E-state index in [1.54, 1.807) is 0 Å². The Hall–Kier alpha value is -1.35. The highest BCUT2D eigenvalue weighted by Crippen LogP contribution is 2.24. The second kappa shape index (κ2) is 5.32. The Kier molecular flexibility index (Phi) is 3.79. The Morgan fingerprint density at radius 1 is 1.41 bits per heavy atom. The number of amides is 1. The minimum Gasteiger partial charge on any atom is -0.392 e. The molecule has 1 aliphatic rings. The number of benzene rings is 1. The number of likely N-dealkylation sites (tertiary alicyclic amines) is 1. The van der Waals surface area contributed by atoms with Gasteiger partial charge in [0.2, 0.25) is 5.91 Å². The van der Waals surface area contributed by atoms with Gasteiger partial charge in [0.05, 0.1) is 12.0 Å². The molecule has 1 aromatic rings. The molecule has 0 spiro atoms. The van der Waals surface area contributed by atoms with Crippen molar-refractivity contribution >= 4 is 5.91 Å². The molecule has 1 N–H and O–H groups in total. The summed E-state index contributed by atoms with van der Waals surface area (Å²) in [6.07, 6.45) is 0.944. The van der Waals surface area contributed by atoms with Crippen LogP contribution in [0.2, 0.25) is 0 Å². The second-order valence-electron chi connectivity index (χ2n) is 4.62. The summed E-state index contributed by atoms with van der Waals surface area (Å²) in [5.41, 5.74) is 1.15. The molecule has 0 aromatic heterocycles. The first-order valence-electron chi connectivity index (χ1n) is 6.23. The summed E-state index contributed by atoms with van der Waals surface area (Å²) in [4.78, 5) is 13.9. The molecule has 17 heavy (non-hydrogen) atoms. The molecule has 0 unspecified atom stereocenters. The predicted molar refractivity (Wildman–Crippen MR) is 66.3 cm³/mol. The van der Waals surface area contributed by atoms with Crippen LogP contribution in [0.4, 0.5) is 0 Å². The summed E-state index contributed by atoms with van der Waals surface area (Å²) < 4.78 is 0. The molecule has 1 aliphatic heterocycles. The van der Waals surface area contributed by atoms with E-state index in [4.69, 9.17) is 0 Å². The maximum Gasteiger partial charge on any atom is 0.228 e. The maximum atomic E-state index is 12.1. The van der Waals surface area contributed by atoms with Gasteiger partial charge >= 0.3 is 0 Å². The van der Waals surface area contributed by atoms with Crippen molar-refractivity contribution in [2.24, 2.45) is 5.92 Å². The third-order valence-electron chi connectivity index (χ3n) is 3.44. The third-order valence-corrected chi connectivity index (χ3v) is 3.44. The van der Waals surface area contributed by atoms with Crippen LogP contribution in [-0.2, 0) is 11.3 Å². The smallest absolute Gasteiger partial charge is 0.228 e. The molecule has 0 saturated carbocycles. The third kappa shape index (κ3) is 2.67. The van der Waals surface area contributed by atoms with Gasteiger partial charge in [-0.05, 0) is 18.4 Å². The number of aliphatic hydroxyl groups excluding tert-OH is 1. The lowest BCUT2D eigenvalue weighted by atomic mass is 9.99. The Morgan fingerprint density at radius 2 is 2.12 bits per heavy atom. The summed E-state index contributed by atoms with van der Waals surface area (Å²) in [5.74, 6) is -0.0908. The summed E-state index contributed by atoms with van der Waals surface area (Å²) in [6.45, 7) is 3.33. The highest BCUT2D eigenvalue weighted by atomic mass is 16.3. The molecule has 1 saturated heterocycles. The van der Waals surface area contributed by atoms with Crippen molar-refractivity contribution in [3.8, 4) is 0 Å². The van der Waals surface area contributed by atoms with Crippen molar-refractivity contribution in [2.45, 2.75) is 32.4 Å². The lowest BCUT2D eigenvalue weighted by molar-refractivity contribution is -0.134. The predicted octanol–water partition coefficient (Wildman–Crippen LogP) is 1.81. The van der Waals surface area contributed by atoms with Gasteiger partial charge in [-0.1, -0.05) is 37.3 Å². The van der Waals surface area contributed by atoms with Crippen molar-refractivity contribution < 1.29 is 9.90 Å². The number of hydrogen-bond acceptors (Lipinski definition) is 2. The van der Waals surface area contributed by atoms with E-state index in [0.29, 0.717) is 13.0 Å². The molecule has 0 aliphatic carbocycles. The van der Waals surface area contributed by atoms with Gasteiger partial charge in [0, 0.05) is 13.1 Å². The first-order valence-corrected chi connectivity index (χ1v) is 6.23. The van der Waals surface area contributed by atoms with Crippen LogP contribution in [0.15, 0.2) is 30.3 Å². The van der Waals surface area contributed by atoms with Crippen molar-refractivity contribution in [1.29, 1.82) is 0 Å². The van der Waals surface area contributed by atoms with E-state index in [1.165, 1.54) is 0 Å². The molecular formula is C14H19NO2. The van der Waals surface area contributed by atoms with Crippen LogP contribution < -0.4 is 0 Å². The molecule has 3 nitrogen and oxygen atoms in total. The number of hydrogen-bond donors (Lipinski definition) is 1. The van der Waals surface area contributed by atoms with Crippen LogP contribution >= 0.6 is 0 Å². The fourth-order valence-corrected chi connectivity index (χ4v) is 2.37. The lowest BCUT2D eigenvalue weighted by Crippen LogP contribution is -2.31. The lowest BCUT2D eigenvalue weighted by Gasteiger charge is -2.18. The summed E-state index contributed by atoms with van der Waals surface area (Å²) in [5, 5.41) is 9.76. The van der Waals surface area contributed by atoms with Gasteiger partial charge in [-0.2, -0.15) is 0 Å². The first-order chi connectivity index (χ1) is 8.22. The van der Waals surface area contributed by atoms with E-state index in [1.807, 2.05) is 42.2 Å². The van der Waals surface area contributed by atoms with Crippen molar-refractivity contribution in [3.05, 3.63) is 35.9 Å². The Bertz CT molecular complexity index is 377. The Balaban J connectivity index is 1.99. The Morgan fingerprint density at radius 3 is 2.76 bits per heavy atom. The number of carbonyl (C=O) groups is 1. The molecule has 1 aromatic carbocycles. The van der Waals surface area contributed by atoms with E-state index < -0.39 is 6.10 Å². The highest BCUT2D eigenvalue weighted by Gasteiger charge is 2.35. The SMILES string of the molecule is CC[C@@H](O)[C@@H]1CCN(Cc2ccccc2)C1=O. The zero-order valence-electron chi connectivity index (χ0n) is 10.2. The van der Waals surface area contributed by atoms with Crippen LogP contribution in [0.3, 0.4) is 0 Å². The minimum absolute atomic E-state index is 0.100. The molecule has 92 valence electrons. The zero-order valence-corrected chi connectivity index (χ0v) is 10.2. The summed E-state index contributed by atoms with van der Waals surface area (Å²) in [6, 6.07) is 9.98. The molecule has 0 radical (unpaired) electrons. The van der Waals surface area contributed by atoms with Crippen LogP contribution in [0.1, 0.15) is 25.3 Å². The second-order valence-corrected chi connectivity index (χ2v) is 4.62. The molecule has 3 heteroatoms. The molecule has 0 bridgehead atoms. The largest absolute Gasteiger partial charge is 0.392 e. The van der Waals surface area contributed by atoms with E-state index >= 15 is 0 Å². The van der Waals surface area contributed by atoms with Gasteiger partial charge < -0.3 is 10.0 Å². The highest BCUT2D eigenvalue weighted by molar-refractivity contribution is 5.81. The minimum atomic E-state index is -0.483. The van der Waals surface area contributed by atoms with E-state index in [9.17, 15) is 9.90 Å². The van der Waals surface area contributed by atoms with E-state index in [0.717, 1.165) is 18.5 Å². The van der Waals surface area contributed by atoms with Gasteiger partial charge in [0.15, 0.2) is 0 Å². The number of aliphatic hydroxyl groups is 1.